The van der Waals surface area contributed by atoms with Gasteiger partial charge in [0.15, 0.2) is 5.78 Å². The van der Waals surface area contributed by atoms with Gasteiger partial charge in [-0.2, -0.15) is 0 Å². The number of amides is 1. The molecule has 7 heteroatoms. The topological polar surface area (TPSA) is 71.5 Å². The lowest BCUT2D eigenvalue weighted by molar-refractivity contribution is -0.121. The first kappa shape index (κ1) is 19.7. The number of carbonyl (C=O) groups excluding carboxylic acids is 2. The van der Waals surface area contributed by atoms with Crippen molar-refractivity contribution in [1.82, 2.24) is 15.2 Å². The van der Waals surface area contributed by atoms with Gasteiger partial charge in [0.1, 0.15) is 0 Å². The Morgan fingerprint density at radius 2 is 2.07 bits per heavy atom. The number of pyridine rings is 1. The lowest BCUT2D eigenvalue weighted by Crippen LogP contribution is -2.43. The number of aromatic nitrogens is 1. The zero-order valence-corrected chi connectivity index (χ0v) is 16.1. The Morgan fingerprint density at radius 3 is 2.78 bits per heavy atom. The first-order valence-corrected chi connectivity index (χ1v) is 10.2. The summed E-state index contributed by atoms with van der Waals surface area (Å²) in [5, 5.41) is 4.92. The Morgan fingerprint density at radius 1 is 1.22 bits per heavy atom. The van der Waals surface area contributed by atoms with Gasteiger partial charge in [0.2, 0.25) is 5.91 Å². The van der Waals surface area contributed by atoms with Crippen molar-refractivity contribution in [3.05, 3.63) is 52.5 Å². The monoisotopic (exact) mass is 387 g/mol. The summed E-state index contributed by atoms with van der Waals surface area (Å²) in [6, 6.07) is 7.74. The van der Waals surface area contributed by atoms with Crippen molar-refractivity contribution < 1.29 is 14.3 Å². The fourth-order valence-electron chi connectivity index (χ4n) is 3.19. The van der Waals surface area contributed by atoms with Crippen molar-refractivity contribution in [1.29, 1.82) is 0 Å². The highest BCUT2D eigenvalue weighted by molar-refractivity contribution is 7.12. The van der Waals surface area contributed by atoms with E-state index < -0.39 is 0 Å². The van der Waals surface area contributed by atoms with Crippen molar-refractivity contribution in [2.75, 3.05) is 32.8 Å². The number of morpholine rings is 1. The van der Waals surface area contributed by atoms with Crippen molar-refractivity contribution >= 4 is 23.0 Å². The predicted octanol–water partition coefficient (Wildman–Crippen LogP) is 2.69. The molecule has 0 aliphatic carbocycles. The number of ketones is 1. The lowest BCUT2D eigenvalue weighted by atomic mass is 10.1. The molecule has 144 valence electrons. The SMILES string of the molecule is O=C(CCCC(=O)c1cccs1)NCC(c1cccnc1)N1CCOCC1. The molecule has 1 fully saturated rings. The molecule has 2 aromatic heterocycles. The second-order valence-corrected chi connectivity index (χ2v) is 7.46. The van der Waals surface area contributed by atoms with Crippen LogP contribution in [0.1, 0.15) is 40.5 Å². The molecule has 1 aliphatic heterocycles. The van der Waals surface area contributed by atoms with Crippen LogP contribution in [-0.2, 0) is 9.53 Å². The number of nitrogens with one attached hydrogen (secondary N) is 1. The number of Topliss-reactive ketones (excluding diaryl/α,β-unsaturated/α-hetero) is 1. The summed E-state index contributed by atoms with van der Waals surface area (Å²) in [7, 11) is 0. The molecule has 6 nitrogen and oxygen atoms in total. The molecule has 0 saturated carbocycles. The van der Waals surface area contributed by atoms with E-state index in [0.29, 0.717) is 39.0 Å². The van der Waals surface area contributed by atoms with E-state index in [0.717, 1.165) is 23.5 Å². The number of hydrogen-bond acceptors (Lipinski definition) is 6. The van der Waals surface area contributed by atoms with Crippen LogP contribution in [0.5, 0.6) is 0 Å². The summed E-state index contributed by atoms with van der Waals surface area (Å²) in [4.78, 5) is 31.5. The zero-order valence-electron chi connectivity index (χ0n) is 15.3. The maximum atomic E-state index is 12.3. The van der Waals surface area contributed by atoms with Crippen LogP contribution >= 0.6 is 11.3 Å². The van der Waals surface area contributed by atoms with Crippen molar-refractivity contribution in [2.45, 2.75) is 25.3 Å². The quantitative estimate of drug-likeness (QED) is 0.670. The molecule has 3 heterocycles. The average molecular weight is 388 g/mol. The fraction of sp³-hybridized carbons (Fsp3) is 0.450. The molecule has 0 aromatic carbocycles. The fourth-order valence-corrected chi connectivity index (χ4v) is 3.88. The first-order chi connectivity index (χ1) is 13.2. The molecule has 0 spiro atoms. The number of ether oxygens (including phenoxy) is 1. The highest BCUT2D eigenvalue weighted by atomic mass is 32.1. The zero-order chi connectivity index (χ0) is 18.9. The minimum absolute atomic E-state index is 0.0175. The second-order valence-electron chi connectivity index (χ2n) is 6.51. The number of thiophene rings is 1. The molecular formula is C20H25N3O3S. The molecule has 1 saturated heterocycles. The molecule has 1 N–H and O–H groups in total. The van der Waals surface area contributed by atoms with E-state index in [1.165, 1.54) is 11.3 Å². The van der Waals surface area contributed by atoms with Crippen LogP contribution in [-0.4, -0.2) is 54.4 Å². The Balaban J connectivity index is 1.47. The van der Waals surface area contributed by atoms with E-state index in [4.69, 9.17) is 4.74 Å². The predicted molar refractivity (Wildman–Crippen MR) is 105 cm³/mol. The van der Waals surface area contributed by atoms with E-state index in [-0.39, 0.29) is 17.7 Å². The number of rotatable bonds is 9. The first-order valence-electron chi connectivity index (χ1n) is 9.29. The molecule has 1 aliphatic rings. The van der Waals surface area contributed by atoms with Crippen LogP contribution in [0, 0.1) is 0 Å². The van der Waals surface area contributed by atoms with Crippen LogP contribution < -0.4 is 5.32 Å². The highest BCUT2D eigenvalue weighted by Gasteiger charge is 2.23. The maximum Gasteiger partial charge on any atom is 0.220 e. The summed E-state index contributed by atoms with van der Waals surface area (Å²) in [6.07, 6.45) is 4.94. The van der Waals surface area contributed by atoms with Crippen LogP contribution in [0.15, 0.2) is 42.0 Å². The summed E-state index contributed by atoms with van der Waals surface area (Å²) in [6.45, 7) is 3.62. The molecule has 1 atom stereocenters. The highest BCUT2D eigenvalue weighted by Crippen LogP contribution is 2.20. The van der Waals surface area contributed by atoms with Gasteiger partial charge < -0.3 is 10.1 Å². The third-order valence-corrected chi connectivity index (χ3v) is 5.56. The van der Waals surface area contributed by atoms with Gasteiger partial charge in [-0.15, -0.1) is 11.3 Å². The van der Waals surface area contributed by atoms with Gasteiger partial charge in [-0.3, -0.25) is 19.5 Å². The summed E-state index contributed by atoms with van der Waals surface area (Å²) in [5.41, 5.74) is 1.09. The molecule has 27 heavy (non-hydrogen) atoms. The van der Waals surface area contributed by atoms with Gasteiger partial charge in [-0.25, -0.2) is 0 Å². The maximum absolute atomic E-state index is 12.3. The normalized spacial score (nSPS) is 16.0. The van der Waals surface area contributed by atoms with Gasteiger partial charge >= 0.3 is 0 Å². The van der Waals surface area contributed by atoms with Gasteiger partial charge in [-0.1, -0.05) is 12.1 Å². The van der Waals surface area contributed by atoms with Crippen LogP contribution in [0.2, 0.25) is 0 Å². The third kappa shape index (κ3) is 5.95. The summed E-state index contributed by atoms with van der Waals surface area (Å²) >= 11 is 1.45. The minimum atomic E-state index is -0.0175. The smallest absolute Gasteiger partial charge is 0.220 e. The molecule has 0 radical (unpaired) electrons. The Labute approximate surface area is 163 Å². The molecule has 1 unspecified atom stereocenters. The molecule has 1 amide bonds. The third-order valence-electron chi connectivity index (χ3n) is 4.65. The molecule has 3 rings (SSSR count). The van der Waals surface area contributed by atoms with Gasteiger partial charge in [0, 0.05) is 44.9 Å². The van der Waals surface area contributed by atoms with Crippen molar-refractivity contribution in [2.24, 2.45) is 0 Å². The summed E-state index contributed by atoms with van der Waals surface area (Å²) < 4.78 is 5.44. The van der Waals surface area contributed by atoms with E-state index in [1.54, 1.807) is 6.20 Å². The van der Waals surface area contributed by atoms with E-state index in [9.17, 15) is 9.59 Å². The van der Waals surface area contributed by atoms with Gasteiger partial charge in [0.25, 0.3) is 0 Å². The van der Waals surface area contributed by atoms with Crippen molar-refractivity contribution in [3.63, 3.8) is 0 Å². The average Bonchev–Trinajstić information content (AvgIpc) is 3.25. The lowest BCUT2D eigenvalue weighted by Gasteiger charge is -2.34. The molecule has 0 bridgehead atoms. The Kier molecular flexibility index (Phi) is 7.50. The van der Waals surface area contributed by atoms with Crippen LogP contribution in [0.4, 0.5) is 0 Å². The standard InChI is InChI=1S/C20H25N3O3S/c24-18(19-6-3-13-27-19)5-1-7-20(25)22-15-17(16-4-2-8-21-14-16)23-9-11-26-12-10-23/h2-4,6,8,13-14,17H,1,5,7,9-12,15H2,(H,22,25). The van der Waals surface area contributed by atoms with E-state index in [1.807, 2.05) is 35.8 Å². The van der Waals surface area contributed by atoms with Gasteiger partial charge in [-0.05, 0) is 29.5 Å². The Bertz CT molecular complexity index is 715. The minimum Gasteiger partial charge on any atom is -0.379 e. The molecule has 2 aromatic rings. The van der Waals surface area contributed by atoms with Crippen molar-refractivity contribution in [3.8, 4) is 0 Å². The van der Waals surface area contributed by atoms with E-state index in [2.05, 4.69) is 15.2 Å². The largest absolute Gasteiger partial charge is 0.379 e. The number of hydrogen-bond donors (Lipinski definition) is 1. The number of nitrogens with zero attached hydrogens (tertiary/aromatic N) is 2. The number of carbonyl (C=O) groups is 2. The van der Waals surface area contributed by atoms with Crippen LogP contribution in [0.25, 0.3) is 0 Å². The van der Waals surface area contributed by atoms with Gasteiger partial charge in [0.05, 0.1) is 24.1 Å². The second kappa shape index (κ2) is 10.3. The van der Waals surface area contributed by atoms with E-state index >= 15 is 0 Å². The summed E-state index contributed by atoms with van der Waals surface area (Å²) in [5.74, 6) is 0.0930. The Hall–Kier alpha value is -2.09. The molecular weight excluding hydrogens is 362 g/mol. The van der Waals surface area contributed by atoms with Crippen LogP contribution in [0.3, 0.4) is 0 Å².